The molecule has 0 bridgehead atoms. The monoisotopic (exact) mass is 337 g/mol. The highest BCUT2D eigenvalue weighted by Gasteiger charge is 2.42. The minimum atomic E-state index is -0.713. The molecule has 1 aliphatic heterocycles. The number of aliphatic imine (C=N–C) groups is 1. The number of aliphatic hydroxyl groups is 1. The molecule has 5 unspecified atom stereocenters. The van der Waals surface area contributed by atoms with Crippen molar-refractivity contribution in [2.75, 3.05) is 13.2 Å². The maximum Gasteiger partial charge on any atom is 0.182 e. The average Bonchev–Trinajstić information content (AvgIpc) is 2.75. The topological polar surface area (TPSA) is 51.0 Å². The summed E-state index contributed by atoms with van der Waals surface area (Å²) < 4.78 is 11.5. The van der Waals surface area contributed by atoms with Gasteiger partial charge in [0.25, 0.3) is 0 Å². The Kier molecular flexibility index (Phi) is 7.30. The first-order valence-corrected chi connectivity index (χ1v) is 9.51. The van der Waals surface area contributed by atoms with Gasteiger partial charge >= 0.3 is 0 Å². The number of ether oxygens (including phenoxy) is 2. The lowest BCUT2D eigenvalue weighted by atomic mass is 9.62. The standard InChI is InChI=1S/C20H35NO3/c1-6-11-23-16(5)21-20(22)15(4)18-9-7-13(2)17-10-8-14(3)24-12-19(17)18/h6,13-15,17-20,22H,1,7-12H2,2-5H3/b21-16-/t13-,14?,15?,17?,18+,19?,20?/m1/s1. The van der Waals surface area contributed by atoms with Gasteiger partial charge < -0.3 is 14.6 Å². The van der Waals surface area contributed by atoms with E-state index < -0.39 is 6.23 Å². The molecule has 0 aromatic carbocycles. The van der Waals surface area contributed by atoms with Gasteiger partial charge in [-0.2, -0.15) is 0 Å². The summed E-state index contributed by atoms with van der Waals surface area (Å²) in [6.07, 6.45) is 6.13. The van der Waals surface area contributed by atoms with Crippen molar-refractivity contribution >= 4 is 5.90 Å². The fourth-order valence-electron chi connectivity index (χ4n) is 4.55. The molecule has 0 spiro atoms. The predicted octanol–water partition coefficient (Wildman–Crippen LogP) is 4.04. The minimum absolute atomic E-state index is 0.115. The molecule has 0 radical (unpaired) electrons. The van der Waals surface area contributed by atoms with Gasteiger partial charge in [-0.3, -0.25) is 0 Å². The van der Waals surface area contributed by atoms with Crippen LogP contribution in [0.15, 0.2) is 17.6 Å². The maximum atomic E-state index is 10.6. The summed E-state index contributed by atoms with van der Waals surface area (Å²) in [5, 5.41) is 10.6. The van der Waals surface area contributed by atoms with Gasteiger partial charge in [-0.15, -0.1) is 0 Å². The van der Waals surface area contributed by atoms with Crippen LogP contribution in [-0.4, -0.2) is 36.5 Å². The van der Waals surface area contributed by atoms with Crippen molar-refractivity contribution in [2.45, 2.75) is 65.7 Å². The summed E-state index contributed by atoms with van der Waals surface area (Å²) in [6, 6.07) is 0. The van der Waals surface area contributed by atoms with Gasteiger partial charge in [0.2, 0.25) is 0 Å². The molecule has 1 saturated carbocycles. The highest BCUT2D eigenvalue weighted by molar-refractivity contribution is 5.73. The molecule has 1 N–H and O–H groups in total. The number of nitrogens with zero attached hydrogens (tertiary/aromatic N) is 1. The quantitative estimate of drug-likeness (QED) is 0.468. The molecule has 2 fully saturated rings. The number of aliphatic hydroxyl groups excluding tert-OH is 1. The molecule has 4 nitrogen and oxygen atoms in total. The van der Waals surface area contributed by atoms with Gasteiger partial charge in [-0.25, -0.2) is 4.99 Å². The Bertz CT molecular complexity index is 437. The number of hydrogen-bond acceptors (Lipinski definition) is 4. The molecule has 2 aliphatic rings. The molecule has 0 amide bonds. The highest BCUT2D eigenvalue weighted by Crippen LogP contribution is 2.46. The Hall–Kier alpha value is -0.870. The van der Waals surface area contributed by atoms with Crippen molar-refractivity contribution in [1.82, 2.24) is 0 Å². The van der Waals surface area contributed by atoms with Crippen LogP contribution in [0.4, 0.5) is 0 Å². The van der Waals surface area contributed by atoms with Crippen molar-refractivity contribution in [2.24, 2.45) is 34.6 Å². The molecular weight excluding hydrogens is 302 g/mol. The van der Waals surface area contributed by atoms with Crippen molar-refractivity contribution in [1.29, 1.82) is 0 Å². The molecule has 1 saturated heterocycles. The van der Waals surface area contributed by atoms with E-state index >= 15 is 0 Å². The van der Waals surface area contributed by atoms with E-state index in [0.29, 0.717) is 36.4 Å². The average molecular weight is 338 g/mol. The van der Waals surface area contributed by atoms with E-state index in [-0.39, 0.29) is 5.92 Å². The van der Waals surface area contributed by atoms with Crippen LogP contribution >= 0.6 is 0 Å². The second kappa shape index (κ2) is 9.00. The summed E-state index contributed by atoms with van der Waals surface area (Å²) >= 11 is 0. The number of rotatable bonds is 5. The van der Waals surface area contributed by atoms with E-state index in [2.05, 4.69) is 32.3 Å². The van der Waals surface area contributed by atoms with Crippen molar-refractivity contribution in [3.63, 3.8) is 0 Å². The van der Waals surface area contributed by atoms with Gasteiger partial charge in [0.05, 0.1) is 12.7 Å². The summed E-state index contributed by atoms with van der Waals surface area (Å²) in [5.74, 6) is 3.11. The molecule has 138 valence electrons. The third kappa shape index (κ3) is 4.82. The van der Waals surface area contributed by atoms with Crippen LogP contribution in [0.25, 0.3) is 0 Å². The van der Waals surface area contributed by atoms with Crippen LogP contribution in [0.3, 0.4) is 0 Å². The largest absolute Gasteiger partial charge is 0.477 e. The molecule has 1 heterocycles. The van der Waals surface area contributed by atoms with E-state index in [1.165, 1.54) is 12.8 Å². The lowest BCUT2D eigenvalue weighted by molar-refractivity contribution is -0.0322. The normalized spacial score (nSPS) is 37.0. The second-order valence-corrected chi connectivity index (χ2v) is 7.79. The van der Waals surface area contributed by atoms with Crippen molar-refractivity contribution < 1.29 is 14.6 Å². The summed E-state index contributed by atoms with van der Waals surface area (Å²) in [6.45, 7) is 13.4. The van der Waals surface area contributed by atoms with Crippen molar-refractivity contribution in [3.8, 4) is 0 Å². The van der Waals surface area contributed by atoms with E-state index in [9.17, 15) is 5.11 Å². The van der Waals surface area contributed by atoms with Crippen LogP contribution in [0.1, 0.15) is 53.4 Å². The molecule has 0 aromatic heterocycles. The summed E-state index contributed by atoms with van der Waals surface area (Å²) in [7, 11) is 0. The zero-order valence-electron chi connectivity index (χ0n) is 15.8. The van der Waals surface area contributed by atoms with E-state index in [1.807, 2.05) is 0 Å². The van der Waals surface area contributed by atoms with Crippen molar-refractivity contribution in [3.05, 3.63) is 12.7 Å². The van der Waals surface area contributed by atoms with Gasteiger partial charge in [0.15, 0.2) is 12.1 Å². The predicted molar refractivity (Wildman–Crippen MR) is 97.9 cm³/mol. The molecule has 7 atom stereocenters. The van der Waals surface area contributed by atoms with E-state index in [1.54, 1.807) is 13.0 Å². The zero-order valence-corrected chi connectivity index (χ0v) is 15.8. The molecule has 4 heteroatoms. The minimum Gasteiger partial charge on any atom is -0.477 e. The first-order chi connectivity index (χ1) is 11.4. The SMILES string of the molecule is C=CCO/C(C)=N\C(O)C(C)[C@@H]1CC[C@@H](C)C2CCC(C)OCC21. The highest BCUT2D eigenvalue weighted by atomic mass is 16.5. The van der Waals surface area contributed by atoms with Gasteiger partial charge in [-0.1, -0.05) is 32.9 Å². The molecule has 2 rings (SSSR count). The van der Waals surface area contributed by atoms with E-state index in [0.717, 1.165) is 25.4 Å². The lowest BCUT2D eigenvalue weighted by Crippen LogP contribution is -2.41. The third-order valence-corrected chi connectivity index (χ3v) is 6.14. The first-order valence-electron chi connectivity index (χ1n) is 9.51. The fourth-order valence-corrected chi connectivity index (χ4v) is 4.55. The van der Waals surface area contributed by atoms with E-state index in [4.69, 9.17) is 9.47 Å². The summed E-state index contributed by atoms with van der Waals surface area (Å²) in [4.78, 5) is 4.35. The van der Waals surface area contributed by atoms with Crippen LogP contribution in [-0.2, 0) is 9.47 Å². The number of fused-ring (bicyclic) bond motifs is 1. The number of hydrogen-bond donors (Lipinski definition) is 1. The van der Waals surface area contributed by atoms with Crippen LogP contribution in [0.2, 0.25) is 0 Å². The fraction of sp³-hybridized carbons (Fsp3) is 0.850. The van der Waals surface area contributed by atoms with Gasteiger partial charge in [0.1, 0.15) is 6.61 Å². The Labute approximate surface area is 147 Å². The molecule has 0 aromatic rings. The molecular formula is C20H35NO3. The molecule has 1 aliphatic carbocycles. The third-order valence-electron chi connectivity index (χ3n) is 6.14. The zero-order chi connectivity index (χ0) is 17.7. The second-order valence-electron chi connectivity index (χ2n) is 7.79. The van der Waals surface area contributed by atoms with Crippen LogP contribution < -0.4 is 0 Å². The Morgan fingerprint density at radius 3 is 2.75 bits per heavy atom. The Morgan fingerprint density at radius 2 is 2.04 bits per heavy atom. The molecule has 24 heavy (non-hydrogen) atoms. The smallest absolute Gasteiger partial charge is 0.182 e. The van der Waals surface area contributed by atoms with Crippen LogP contribution in [0.5, 0.6) is 0 Å². The van der Waals surface area contributed by atoms with Gasteiger partial charge in [-0.05, 0) is 49.9 Å². The lowest BCUT2D eigenvalue weighted by Gasteiger charge is -2.44. The Balaban J connectivity index is 2.06. The van der Waals surface area contributed by atoms with Crippen LogP contribution in [0, 0.1) is 29.6 Å². The first kappa shape index (κ1) is 19.5. The van der Waals surface area contributed by atoms with Gasteiger partial charge in [0, 0.05) is 12.8 Å². The summed E-state index contributed by atoms with van der Waals surface area (Å²) in [5.41, 5.74) is 0. The Morgan fingerprint density at radius 1 is 1.29 bits per heavy atom. The maximum absolute atomic E-state index is 10.6.